The van der Waals surface area contributed by atoms with Gasteiger partial charge in [0.2, 0.25) is 11.1 Å². The zero-order valence-corrected chi connectivity index (χ0v) is 14.3. The third-order valence-corrected chi connectivity index (χ3v) is 6.25. The van der Waals surface area contributed by atoms with E-state index in [2.05, 4.69) is 15.5 Å². The Kier molecular flexibility index (Phi) is 3.89. The van der Waals surface area contributed by atoms with Crippen LogP contribution in [0.3, 0.4) is 0 Å². The molecule has 0 saturated carbocycles. The summed E-state index contributed by atoms with van der Waals surface area (Å²) in [6.07, 6.45) is 0. The van der Waals surface area contributed by atoms with Gasteiger partial charge in [-0.2, -0.15) is 0 Å². The van der Waals surface area contributed by atoms with Crippen molar-refractivity contribution in [1.29, 1.82) is 0 Å². The van der Waals surface area contributed by atoms with E-state index in [-0.39, 0.29) is 17.0 Å². The fraction of sp³-hybridized carbons (Fsp3) is 0.583. The van der Waals surface area contributed by atoms with Crippen molar-refractivity contribution in [1.82, 2.24) is 25.1 Å². The molecule has 23 heavy (non-hydrogen) atoms. The average molecular weight is 357 g/mol. The third kappa shape index (κ3) is 2.62. The Morgan fingerprint density at radius 3 is 2.70 bits per heavy atom. The number of amides is 1. The van der Waals surface area contributed by atoms with Crippen LogP contribution in [0.4, 0.5) is 0 Å². The first-order valence-corrected chi connectivity index (χ1v) is 8.62. The Labute approximate surface area is 140 Å². The second-order valence-electron chi connectivity index (χ2n) is 5.80. The molecule has 1 aromatic heterocycles. The van der Waals surface area contributed by atoms with E-state index in [0.29, 0.717) is 15.8 Å². The van der Waals surface area contributed by atoms with E-state index in [1.165, 1.54) is 33.1 Å². The SMILES string of the molecule is Cn1nnnc1SCC1=C(C(=O)O)N2C(=O)[C@@H](C(C)(C)O)[C@H]2S1. The molecule has 11 heteroatoms. The van der Waals surface area contributed by atoms with E-state index < -0.39 is 17.5 Å². The van der Waals surface area contributed by atoms with Gasteiger partial charge in [-0.25, -0.2) is 9.48 Å². The molecular weight excluding hydrogens is 342 g/mol. The van der Waals surface area contributed by atoms with Crippen molar-refractivity contribution < 1.29 is 19.8 Å². The first kappa shape index (κ1) is 16.3. The lowest BCUT2D eigenvalue weighted by Gasteiger charge is -2.47. The van der Waals surface area contributed by atoms with Crippen LogP contribution in [-0.4, -0.2) is 63.9 Å². The molecule has 2 aliphatic rings. The van der Waals surface area contributed by atoms with E-state index in [1.54, 1.807) is 20.9 Å². The summed E-state index contributed by atoms with van der Waals surface area (Å²) < 4.78 is 1.49. The number of carbonyl (C=O) groups is 2. The molecule has 0 unspecified atom stereocenters. The molecule has 9 nitrogen and oxygen atoms in total. The van der Waals surface area contributed by atoms with E-state index in [0.717, 1.165) is 0 Å². The van der Waals surface area contributed by atoms with Crippen molar-refractivity contribution in [2.24, 2.45) is 13.0 Å². The van der Waals surface area contributed by atoms with E-state index >= 15 is 0 Å². The van der Waals surface area contributed by atoms with Gasteiger partial charge in [0.25, 0.3) is 0 Å². The first-order chi connectivity index (χ1) is 10.7. The maximum atomic E-state index is 12.2. The number of carboxylic acid groups (broad SMARTS) is 1. The lowest BCUT2D eigenvalue weighted by Crippen LogP contribution is -2.64. The summed E-state index contributed by atoms with van der Waals surface area (Å²) in [6, 6.07) is 0. The molecule has 0 aliphatic carbocycles. The second kappa shape index (κ2) is 5.49. The number of aliphatic hydroxyl groups is 1. The molecule has 2 N–H and O–H groups in total. The average Bonchev–Trinajstić information content (AvgIpc) is 2.96. The van der Waals surface area contributed by atoms with Crippen molar-refractivity contribution in [2.45, 2.75) is 30.0 Å². The van der Waals surface area contributed by atoms with Crippen molar-refractivity contribution in [3.8, 4) is 0 Å². The molecule has 2 atom stereocenters. The summed E-state index contributed by atoms with van der Waals surface area (Å²) in [5, 5.41) is 30.8. The minimum absolute atomic E-state index is 0.00636. The first-order valence-electron chi connectivity index (χ1n) is 6.75. The van der Waals surface area contributed by atoms with Gasteiger partial charge in [-0.15, -0.1) is 16.9 Å². The van der Waals surface area contributed by atoms with E-state index in [1.807, 2.05) is 0 Å². The van der Waals surface area contributed by atoms with Crippen molar-refractivity contribution in [2.75, 3.05) is 5.75 Å². The van der Waals surface area contributed by atoms with Crippen LogP contribution >= 0.6 is 23.5 Å². The lowest BCUT2D eigenvalue weighted by atomic mass is 9.82. The normalized spacial score (nSPS) is 24.0. The second-order valence-corrected chi connectivity index (χ2v) is 7.95. The molecule has 0 spiro atoms. The van der Waals surface area contributed by atoms with Crippen LogP contribution in [0, 0.1) is 5.92 Å². The summed E-state index contributed by atoms with van der Waals surface area (Å²) in [6.45, 7) is 3.12. The number of carboxylic acids is 1. The predicted octanol–water partition coefficient (Wildman–Crippen LogP) is -0.0994. The largest absolute Gasteiger partial charge is 0.477 e. The fourth-order valence-electron chi connectivity index (χ4n) is 2.61. The van der Waals surface area contributed by atoms with E-state index in [4.69, 9.17) is 0 Å². The van der Waals surface area contributed by atoms with Crippen molar-refractivity contribution in [3.63, 3.8) is 0 Å². The Morgan fingerprint density at radius 2 is 2.17 bits per heavy atom. The summed E-state index contributed by atoms with van der Waals surface area (Å²) >= 11 is 2.61. The molecular formula is C12H15N5O4S2. The summed E-state index contributed by atoms with van der Waals surface area (Å²) in [7, 11) is 1.69. The number of fused-ring (bicyclic) bond motifs is 1. The number of tetrazole rings is 1. The molecule has 3 heterocycles. The van der Waals surface area contributed by atoms with Gasteiger partial charge in [0.05, 0.1) is 11.5 Å². The Hall–Kier alpha value is -1.59. The Bertz CT molecular complexity index is 711. The molecule has 1 fully saturated rings. The van der Waals surface area contributed by atoms with Gasteiger partial charge in [-0.3, -0.25) is 9.69 Å². The number of aromatic nitrogens is 4. The number of nitrogens with zero attached hydrogens (tertiary/aromatic N) is 5. The standard InChI is InChI=1S/C12H15N5O4S2/c1-12(2,21)6-8(18)17-7(10(19)20)5(23-9(6)17)4-22-11-13-14-15-16(11)3/h6,9,21H,4H2,1-3H3,(H,19,20)/t6-,9-/m1/s1. The summed E-state index contributed by atoms with van der Waals surface area (Å²) in [4.78, 5) is 25.6. The van der Waals surface area contributed by atoms with E-state index in [9.17, 15) is 19.8 Å². The van der Waals surface area contributed by atoms with Gasteiger partial charge in [0.15, 0.2) is 0 Å². The van der Waals surface area contributed by atoms with Crippen LogP contribution in [0.5, 0.6) is 0 Å². The zero-order chi connectivity index (χ0) is 16.9. The zero-order valence-electron chi connectivity index (χ0n) is 12.6. The molecule has 124 valence electrons. The van der Waals surface area contributed by atoms with Crippen LogP contribution < -0.4 is 0 Å². The van der Waals surface area contributed by atoms with Crippen LogP contribution in [0.15, 0.2) is 15.8 Å². The minimum Gasteiger partial charge on any atom is -0.477 e. The lowest BCUT2D eigenvalue weighted by molar-refractivity contribution is -0.163. The Morgan fingerprint density at radius 1 is 1.48 bits per heavy atom. The van der Waals surface area contributed by atoms with Crippen LogP contribution in [0.2, 0.25) is 0 Å². The number of aliphatic carboxylic acids is 1. The highest BCUT2D eigenvalue weighted by molar-refractivity contribution is 8.06. The quantitative estimate of drug-likeness (QED) is 0.549. The number of rotatable bonds is 5. The van der Waals surface area contributed by atoms with Gasteiger partial charge in [0, 0.05) is 17.7 Å². The highest BCUT2D eigenvalue weighted by atomic mass is 32.2. The number of β-lactam (4-membered cyclic amide) rings is 1. The number of carbonyl (C=O) groups excluding carboxylic acids is 1. The molecule has 0 radical (unpaired) electrons. The van der Waals surface area contributed by atoms with Gasteiger partial charge in [0.1, 0.15) is 11.1 Å². The van der Waals surface area contributed by atoms with Gasteiger partial charge >= 0.3 is 5.97 Å². The van der Waals surface area contributed by atoms with Crippen LogP contribution in [-0.2, 0) is 16.6 Å². The molecule has 1 amide bonds. The predicted molar refractivity (Wildman–Crippen MR) is 82.2 cm³/mol. The number of hydrogen-bond donors (Lipinski definition) is 2. The number of thioether (sulfide) groups is 2. The number of hydrogen-bond acceptors (Lipinski definition) is 8. The maximum absolute atomic E-state index is 12.2. The van der Waals surface area contributed by atoms with Crippen molar-refractivity contribution >= 4 is 35.4 Å². The molecule has 3 rings (SSSR count). The van der Waals surface area contributed by atoms with Gasteiger partial charge in [-0.05, 0) is 24.3 Å². The third-order valence-electron chi connectivity index (χ3n) is 3.69. The summed E-state index contributed by atoms with van der Waals surface area (Å²) in [5.74, 6) is -1.76. The molecule has 0 aromatic carbocycles. The van der Waals surface area contributed by atoms with Crippen molar-refractivity contribution in [3.05, 3.63) is 10.6 Å². The highest BCUT2D eigenvalue weighted by Gasteiger charge is 2.60. The van der Waals surface area contributed by atoms with Gasteiger partial charge < -0.3 is 10.2 Å². The van der Waals surface area contributed by atoms with Crippen LogP contribution in [0.1, 0.15) is 13.8 Å². The van der Waals surface area contributed by atoms with Crippen LogP contribution in [0.25, 0.3) is 0 Å². The molecule has 2 aliphatic heterocycles. The molecule has 1 saturated heterocycles. The van der Waals surface area contributed by atoms with Gasteiger partial charge in [-0.1, -0.05) is 11.8 Å². The highest BCUT2D eigenvalue weighted by Crippen LogP contribution is 2.53. The maximum Gasteiger partial charge on any atom is 0.353 e. The fourth-order valence-corrected chi connectivity index (χ4v) is 5.26. The summed E-state index contributed by atoms with van der Waals surface area (Å²) in [5.41, 5.74) is -1.20. The molecule has 1 aromatic rings. The smallest absolute Gasteiger partial charge is 0.353 e. The number of aryl methyl sites for hydroxylation is 1. The minimum atomic E-state index is -1.19. The Balaban J connectivity index is 1.81. The topological polar surface area (TPSA) is 121 Å². The molecule has 0 bridgehead atoms. The monoisotopic (exact) mass is 357 g/mol.